The zero-order chi connectivity index (χ0) is 10.3. The normalized spacial score (nSPS) is 45.5. The van der Waals surface area contributed by atoms with Crippen LogP contribution in [0.15, 0.2) is 0 Å². The lowest BCUT2D eigenvalue weighted by molar-refractivity contribution is -0.141. The van der Waals surface area contributed by atoms with Crippen molar-refractivity contribution in [3.8, 4) is 0 Å². The molecule has 5 unspecified atom stereocenters. The summed E-state index contributed by atoms with van der Waals surface area (Å²) in [5.74, 6) is -0.0949. The second-order valence-electron chi connectivity index (χ2n) is 4.28. The average Bonchev–Trinajstić information content (AvgIpc) is 2.89. The number of carbonyl (C=O) groups excluding carboxylic acids is 1. The van der Waals surface area contributed by atoms with Crippen LogP contribution in [0.2, 0.25) is 0 Å². The van der Waals surface area contributed by atoms with Gasteiger partial charge in [0.05, 0.1) is 7.11 Å². The molecule has 0 aromatic carbocycles. The molecule has 2 saturated heterocycles. The molecule has 2 heterocycles. The molecule has 5 atom stereocenters. The van der Waals surface area contributed by atoms with Crippen molar-refractivity contribution >= 4 is 5.97 Å². The van der Waals surface area contributed by atoms with Crippen LogP contribution in [0.25, 0.3) is 0 Å². The van der Waals surface area contributed by atoms with Gasteiger partial charge in [-0.05, 0) is 19.3 Å². The van der Waals surface area contributed by atoms with Crippen molar-refractivity contribution in [2.75, 3.05) is 7.11 Å². The van der Waals surface area contributed by atoms with Gasteiger partial charge in [0.15, 0.2) is 0 Å². The van der Waals surface area contributed by atoms with E-state index in [0.29, 0.717) is 12.1 Å². The molecule has 0 aromatic rings. The fourth-order valence-corrected chi connectivity index (χ4v) is 2.70. The molecular weight excluding hydrogens is 180 g/mol. The summed E-state index contributed by atoms with van der Waals surface area (Å²) >= 11 is 0. The monoisotopic (exact) mass is 198 g/mol. The molecule has 2 aliphatic heterocycles. The molecule has 2 rings (SSSR count). The van der Waals surface area contributed by atoms with Gasteiger partial charge in [0.2, 0.25) is 0 Å². The number of fused-ring (bicyclic) bond motifs is 1. The molecule has 0 radical (unpaired) electrons. The highest BCUT2D eigenvalue weighted by molar-refractivity contribution is 5.80. The maximum Gasteiger partial charge on any atom is 0.324 e. The van der Waals surface area contributed by atoms with Crippen LogP contribution in [0, 0.1) is 0 Å². The van der Waals surface area contributed by atoms with Crippen LogP contribution in [-0.4, -0.2) is 42.1 Å². The van der Waals surface area contributed by atoms with Gasteiger partial charge in [0.1, 0.15) is 6.04 Å². The summed E-state index contributed by atoms with van der Waals surface area (Å²) < 4.78 is 4.77. The highest BCUT2D eigenvalue weighted by atomic mass is 16.5. The van der Waals surface area contributed by atoms with Crippen molar-refractivity contribution in [3.63, 3.8) is 0 Å². The maximum atomic E-state index is 11.4. The topological polar surface area (TPSA) is 55.3 Å². The molecule has 0 saturated carbocycles. The van der Waals surface area contributed by atoms with Crippen molar-refractivity contribution in [2.24, 2.45) is 5.73 Å². The van der Waals surface area contributed by atoms with Crippen LogP contribution in [0.1, 0.15) is 26.2 Å². The van der Waals surface area contributed by atoms with Crippen molar-refractivity contribution in [1.82, 2.24) is 4.90 Å². The van der Waals surface area contributed by atoms with E-state index >= 15 is 0 Å². The summed E-state index contributed by atoms with van der Waals surface area (Å²) in [5.41, 5.74) is 5.94. The summed E-state index contributed by atoms with van der Waals surface area (Å²) in [6.07, 6.45) is 3.02. The first-order chi connectivity index (χ1) is 6.69. The lowest BCUT2D eigenvalue weighted by Crippen LogP contribution is -2.37. The van der Waals surface area contributed by atoms with E-state index in [9.17, 15) is 4.79 Å². The Kier molecular flexibility index (Phi) is 2.49. The van der Waals surface area contributed by atoms with Crippen LogP contribution in [0.5, 0.6) is 0 Å². The molecular formula is C10H18N2O2. The molecule has 2 N–H and O–H groups in total. The van der Waals surface area contributed by atoms with E-state index < -0.39 is 0 Å². The minimum atomic E-state index is -0.0949. The number of hydrogen-bond acceptors (Lipinski definition) is 4. The summed E-state index contributed by atoms with van der Waals surface area (Å²) in [5, 5.41) is 0. The zero-order valence-corrected chi connectivity index (χ0v) is 8.77. The van der Waals surface area contributed by atoms with Crippen LogP contribution in [-0.2, 0) is 9.53 Å². The van der Waals surface area contributed by atoms with Gasteiger partial charge in [-0.2, -0.15) is 0 Å². The standard InChI is InChI=1S/C10H18N2O2/c1-3-7-4-6(11)5-8-9(12(7)8)10(13)14-2/h6-9H,3-5,11H2,1-2H3. The first kappa shape index (κ1) is 9.93. The summed E-state index contributed by atoms with van der Waals surface area (Å²) in [4.78, 5) is 13.7. The third-order valence-corrected chi connectivity index (χ3v) is 3.43. The van der Waals surface area contributed by atoms with E-state index in [-0.39, 0.29) is 18.1 Å². The van der Waals surface area contributed by atoms with Gasteiger partial charge in [-0.3, -0.25) is 9.69 Å². The number of esters is 1. The molecule has 2 aliphatic rings. The fourth-order valence-electron chi connectivity index (χ4n) is 2.70. The minimum Gasteiger partial charge on any atom is -0.468 e. The average molecular weight is 198 g/mol. The second-order valence-corrected chi connectivity index (χ2v) is 4.28. The van der Waals surface area contributed by atoms with Crippen molar-refractivity contribution < 1.29 is 9.53 Å². The summed E-state index contributed by atoms with van der Waals surface area (Å²) in [7, 11) is 1.45. The maximum absolute atomic E-state index is 11.4. The Morgan fingerprint density at radius 1 is 1.57 bits per heavy atom. The molecule has 4 heteroatoms. The molecule has 0 spiro atoms. The van der Waals surface area contributed by atoms with E-state index in [1.54, 1.807) is 0 Å². The van der Waals surface area contributed by atoms with Crippen molar-refractivity contribution in [2.45, 2.75) is 50.4 Å². The van der Waals surface area contributed by atoms with Crippen molar-refractivity contribution in [1.29, 1.82) is 0 Å². The van der Waals surface area contributed by atoms with E-state index in [1.807, 2.05) is 0 Å². The number of nitrogens with two attached hydrogens (primary N) is 1. The van der Waals surface area contributed by atoms with Crippen LogP contribution < -0.4 is 5.73 Å². The molecule has 0 aromatic heterocycles. The number of piperidine rings is 1. The van der Waals surface area contributed by atoms with Gasteiger partial charge in [0.25, 0.3) is 0 Å². The molecule has 0 bridgehead atoms. The highest BCUT2D eigenvalue weighted by Gasteiger charge is 2.58. The zero-order valence-electron chi connectivity index (χ0n) is 8.77. The van der Waals surface area contributed by atoms with Gasteiger partial charge in [-0.15, -0.1) is 0 Å². The van der Waals surface area contributed by atoms with Crippen LogP contribution >= 0.6 is 0 Å². The Morgan fingerprint density at radius 2 is 2.29 bits per heavy atom. The highest BCUT2D eigenvalue weighted by Crippen LogP contribution is 2.41. The first-order valence-corrected chi connectivity index (χ1v) is 5.29. The summed E-state index contributed by atoms with van der Waals surface area (Å²) in [6, 6.07) is 1.10. The van der Waals surface area contributed by atoms with Crippen LogP contribution in [0.4, 0.5) is 0 Å². The van der Waals surface area contributed by atoms with Crippen LogP contribution in [0.3, 0.4) is 0 Å². The minimum absolute atomic E-state index is 0.00139. The Balaban J connectivity index is 2.03. The lowest BCUT2D eigenvalue weighted by atomic mass is 9.98. The van der Waals surface area contributed by atoms with E-state index in [0.717, 1.165) is 19.3 Å². The molecule has 14 heavy (non-hydrogen) atoms. The number of rotatable bonds is 2. The Bertz CT molecular complexity index is 244. The predicted octanol–water partition coefficient (Wildman–Crippen LogP) is 0.112. The van der Waals surface area contributed by atoms with Gasteiger partial charge in [-0.25, -0.2) is 0 Å². The summed E-state index contributed by atoms with van der Waals surface area (Å²) in [6.45, 7) is 2.15. The molecule has 2 fully saturated rings. The lowest BCUT2D eigenvalue weighted by Gasteiger charge is -2.26. The van der Waals surface area contributed by atoms with E-state index in [4.69, 9.17) is 10.5 Å². The number of carbonyl (C=O) groups is 1. The molecule has 0 aliphatic carbocycles. The van der Waals surface area contributed by atoms with Gasteiger partial charge in [0, 0.05) is 18.1 Å². The smallest absolute Gasteiger partial charge is 0.324 e. The van der Waals surface area contributed by atoms with E-state index in [2.05, 4.69) is 11.8 Å². The number of hydrogen-bond donors (Lipinski definition) is 1. The third-order valence-electron chi connectivity index (χ3n) is 3.43. The Morgan fingerprint density at radius 3 is 2.86 bits per heavy atom. The second kappa shape index (κ2) is 3.51. The third kappa shape index (κ3) is 1.42. The SMILES string of the molecule is CCC1CC(N)CC2C(C(=O)OC)N12. The largest absolute Gasteiger partial charge is 0.468 e. The fraction of sp³-hybridized carbons (Fsp3) is 0.900. The Hall–Kier alpha value is -0.610. The Labute approximate surface area is 84.4 Å². The van der Waals surface area contributed by atoms with Crippen molar-refractivity contribution in [3.05, 3.63) is 0 Å². The molecule has 4 nitrogen and oxygen atoms in total. The number of ether oxygens (including phenoxy) is 1. The molecule has 0 amide bonds. The van der Waals surface area contributed by atoms with E-state index in [1.165, 1.54) is 7.11 Å². The molecule has 80 valence electrons. The number of methoxy groups -OCH3 is 1. The first-order valence-electron chi connectivity index (χ1n) is 5.29. The predicted molar refractivity (Wildman–Crippen MR) is 52.7 cm³/mol. The quantitative estimate of drug-likeness (QED) is 0.505. The number of nitrogens with zero attached hydrogens (tertiary/aromatic N) is 1. The van der Waals surface area contributed by atoms with Gasteiger partial charge in [-0.1, -0.05) is 6.92 Å². The van der Waals surface area contributed by atoms with Gasteiger partial charge < -0.3 is 10.5 Å². The van der Waals surface area contributed by atoms with Gasteiger partial charge >= 0.3 is 5.97 Å².